The van der Waals surface area contributed by atoms with E-state index in [1.54, 1.807) is 0 Å². The standard InChI is InChI=1S/C15H21ClN2O/c1-4-19-10-12(3)18-14(8-9-16)17-13-7-5-6-11(2)15(13)18/h5-7,12H,4,8-10H2,1-3H3. The number of benzene rings is 1. The van der Waals surface area contributed by atoms with Crippen molar-refractivity contribution in [3.63, 3.8) is 0 Å². The van der Waals surface area contributed by atoms with Crippen molar-refractivity contribution in [2.75, 3.05) is 19.1 Å². The van der Waals surface area contributed by atoms with E-state index in [4.69, 9.17) is 21.3 Å². The van der Waals surface area contributed by atoms with E-state index in [0.29, 0.717) is 12.5 Å². The molecule has 1 atom stereocenters. The summed E-state index contributed by atoms with van der Waals surface area (Å²) in [4.78, 5) is 4.72. The number of aromatic nitrogens is 2. The summed E-state index contributed by atoms with van der Waals surface area (Å²) in [7, 11) is 0. The molecule has 0 spiro atoms. The lowest BCUT2D eigenvalue weighted by Crippen LogP contribution is -2.15. The van der Waals surface area contributed by atoms with Crippen LogP contribution in [0.25, 0.3) is 11.0 Å². The van der Waals surface area contributed by atoms with E-state index < -0.39 is 0 Å². The zero-order valence-electron chi connectivity index (χ0n) is 11.8. The lowest BCUT2D eigenvalue weighted by molar-refractivity contribution is 0.119. The Balaban J connectivity index is 2.50. The molecule has 1 heterocycles. The first kappa shape index (κ1) is 14.4. The van der Waals surface area contributed by atoms with E-state index in [9.17, 15) is 0 Å². The second-order valence-electron chi connectivity index (χ2n) is 4.79. The van der Waals surface area contributed by atoms with Gasteiger partial charge >= 0.3 is 0 Å². The zero-order chi connectivity index (χ0) is 13.8. The molecule has 104 valence electrons. The predicted molar refractivity (Wildman–Crippen MR) is 80.1 cm³/mol. The summed E-state index contributed by atoms with van der Waals surface area (Å²) in [6.07, 6.45) is 0.784. The van der Waals surface area contributed by atoms with Crippen LogP contribution in [-0.2, 0) is 11.2 Å². The summed E-state index contributed by atoms with van der Waals surface area (Å²) in [6, 6.07) is 6.50. The molecule has 1 aromatic carbocycles. The fraction of sp³-hybridized carbons (Fsp3) is 0.533. The second-order valence-corrected chi connectivity index (χ2v) is 5.17. The molecule has 0 saturated carbocycles. The number of hydrogen-bond donors (Lipinski definition) is 0. The maximum Gasteiger partial charge on any atom is 0.111 e. The summed E-state index contributed by atoms with van der Waals surface area (Å²) in [5, 5.41) is 0. The topological polar surface area (TPSA) is 27.1 Å². The molecule has 0 N–H and O–H groups in total. The minimum atomic E-state index is 0.268. The Bertz CT molecular complexity index is 550. The molecule has 0 aliphatic heterocycles. The molecule has 4 heteroatoms. The number of imidazole rings is 1. The molecule has 2 aromatic rings. The summed E-state index contributed by atoms with van der Waals surface area (Å²) >= 11 is 5.90. The first-order valence-electron chi connectivity index (χ1n) is 6.79. The van der Waals surface area contributed by atoms with Gasteiger partial charge in [0.25, 0.3) is 0 Å². The summed E-state index contributed by atoms with van der Waals surface area (Å²) < 4.78 is 7.84. The maximum atomic E-state index is 5.90. The van der Waals surface area contributed by atoms with Gasteiger partial charge in [0.15, 0.2) is 0 Å². The van der Waals surface area contributed by atoms with Crippen LogP contribution >= 0.6 is 11.6 Å². The molecule has 0 fully saturated rings. The molecule has 0 saturated heterocycles. The summed E-state index contributed by atoms with van der Waals surface area (Å²) in [5.41, 5.74) is 3.49. The van der Waals surface area contributed by atoms with Gasteiger partial charge in [0.1, 0.15) is 5.82 Å². The Morgan fingerprint density at radius 3 is 2.89 bits per heavy atom. The van der Waals surface area contributed by atoms with E-state index in [1.165, 1.54) is 11.1 Å². The van der Waals surface area contributed by atoms with Gasteiger partial charge in [0.2, 0.25) is 0 Å². The van der Waals surface area contributed by atoms with Gasteiger partial charge in [0.05, 0.1) is 23.7 Å². The number of rotatable bonds is 6. The Labute approximate surface area is 119 Å². The monoisotopic (exact) mass is 280 g/mol. The van der Waals surface area contributed by atoms with E-state index >= 15 is 0 Å². The molecule has 3 nitrogen and oxygen atoms in total. The van der Waals surface area contributed by atoms with Crippen molar-refractivity contribution in [2.45, 2.75) is 33.2 Å². The quantitative estimate of drug-likeness (QED) is 0.754. The van der Waals surface area contributed by atoms with Crippen LogP contribution < -0.4 is 0 Å². The molecule has 0 bridgehead atoms. The van der Waals surface area contributed by atoms with Gasteiger partial charge in [-0.1, -0.05) is 12.1 Å². The Morgan fingerprint density at radius 2 is 2.21 bits per heavy atom. The molecule has 1 unspecified atom stereocenters. The van der Waals surface area contributed by atoms with Crippen LogP contribution in [0, 0.1) is 6.92 Å². The van der Waals surface area contributed by atoms with Gasteiger partial charge in [-0.05, 0) is 32.4 Å². The Hall–Kier alpha value is -1.06. The molecule has 0 radical (unpaired) electrons. The number of fused-ring (bicyclic) bond motifs is 1. The van der Waals surface area contributed by atoms with Crippen LogP contribution in [0.5, 0.6) is 0 Å². The maximum absolute atomic E-state index is 5.90. The lowest BCUT2D eigenvalue weighted by atomic mass is 10.2. The number of alkyl halides is 1. The summed E-state index contributed by atoms with van der Waals surface area (Å²) in [6.45, 7) is 7.75. The van der Waals surface area contributed by atoms with Crippen molar-refractivity contribution in [1.29, 1.82) is 0 Å². The van der Waals surface area contributed by atoms with Gasteiger partial charge in [0, 0.05) is 18.9 Å². The van der Waals surface area contributed by atoms with Gasteiger partial charge in [-0.3, -0.25) is 0 Å². The van der Waals surface area contributed by atoms with Crippen LogP contribution in [0.15, 0.2) is 18.2 Å². The number of halogens is 1. The SMILES string of the molecule is CCOCC(C)n1c(CCCl)nc2cccc(C)c21. The lowest BCUT2D eigenvalue weighted by Gasteiger charge is -2.18. The number of nitrogens with zero attached hydrogens (tertiary/aromatic N) is 2. The van der Waals surface area contributed by atoms with Gasteiger partial charge in [-0.15, -0.1) is 11.6 Å². The Kier molecular flexibility index (Phi) is 4.83. The van der Waals surface area contributed by atoms with Crippen molar-refractivity contribution in [1.82, 2.24) is 9.55 Å². The van der Waals surface area contributed by atoms with E-state index in [0.717, 1.165) is 24.4 Å². The first-order valence-corrected chi connectivity index (χ1v) is 7.32. The van der Waals surface area contributed by atoms with Crippen molar-refractivity contribution in [3.8, 4) is 0 Å². The van der Waals surface area contributed by atoms with Crippen LogP contribution in [0.4, 0.5) is 0 Å². The highest BCUT2D eigenvalue weighted by Crippen LogP contribution is 2.25. The first-order chi connectivity index (χ1) is 9.19. The molecule has 1 aromatic heterocycles. The average Bonchev–Trinajstić information content (AvgIpc) is 2.76. The molecular formula is C15H21ClN2O. The highest BCUT2D eigenvalue weighted by Gasteiger charge is 2.16. The number of aryl methyl sites for hydroxylation is 2. The van der Waals surface area contributed by atoms with Gasteiger partial charge < -0.3 is 9.30 Å². The second kappa shape index (κ2) is 6.40. The van der Waals surface area contributed by atoms with E-state index in [1.807, 2.05) is 13.0 Å². The highest BCUT2D eigenvalue weighted by molar-refractivity contribution is 6.17. The molecule has 0 amide bonds. The van der Waals surface area contributed by atoms with Crippen LogP contribution in [0.2, 0.25) is 0 Å². The number of ether oxygens (including phenoxy) is 1. The highest BCUT2D eigenvalue weighted by atomic mass is 35.5. The van der Waals surface area contributed by atoms with E-state index in [2.05, 4.69) is 30.5 Å². The third kappa shape index (κ3) is 2.93. The summed E-state index contributed by atoms with van der Waals surface area (Å²) in [5.74, 6) is 1.63. The van der Waals surface area contributed by atoms with Crippen molar-refractivity contribution >= 4 is 22.6 Å². The molecule has 2 rings (SSSR count). The number of hydrogen-bond acceptors (Lipinski definition) is 2. The Morgan fingerprint density at radius 1 is 1.42 bits per heavy atom. The minimum absolute atomic E-state index is 0.268. The van der Waals surface area contributed by atoms with Crippen molar-refractivity contribution in [2.24, 2.45) is 0 Å². The normalized spacial score (nSPS) is 13.1. The average molecular weight is 281 g/mol. The van der Waals surface area contributed by atoms with Crippen LogP contribution in [-0.4, -0.2) is 28.6 Å². The van der Waals surface area contributed by atoms with Crippen LogP contribution in [0.3, 0.4) is 0 Å². The predicted octanol–water partition coefficient (Wildman–Crippen LogP) is 3.72. The molecule has 0 aliphatic carbocycles. The van der Waals surface area contributed by atoms with Gasteiger partial charge in [-0.25, -0.2) is 4.98 Å². The molecule has 0 aliphatic rings. The third-order valence-corrected chi connectivity index (χ3v) is 3.50. The smallest absolute Gasteiger partial charge is 0.111 e. The van der Waals surface area contributed by atoms with E-state index in [-0.39, 0.29) is 6.04 Å². The van der Waals surface area contributed by atoms with Crippen molar-refractivity contribution in [3.05, 3.63) is 29.6 Å². The fourth-order valence-electron chi connectivity index (χ4n) is 2.47. The van der Waals surface area contributed by atoms with Gasteiger partial charge in [-0.2, -0.15) is 0 Å². The number of para-hydroxylation sites is 1. The zero-order valence-corrected chi connectivity index (χ0v) is 12.6. The largest absolute Gasteiger partial charge is 0.380 e. The third-order valence-electron chi connectivity index (χ3n) is 3.31. The minimum Gasteiger partial charge on any atom is -0.380 e. The van der Waals surface area contributed by atoms with Crippen molar-refractivity contribution < 1.29 is 4.74 Å². The molecular weight excluding hydrogens is 260 g/mol. The van der Waals surface area contributed by atoms with Crippen LogP contribution in [0.1, 0.15) is 31.3 Å². The molecule has 19 heavy (non-hydrogen) atoms. The fourth-order valence-corrected chi connectivity index (χ4v) is 2.64.